The van der Waals surface area contributed by atoms with Gasteiger partial charge in [0.05, 0.1) is 5.92 Å². The molecular weight excluding hydrogens is 334 g/mol. The van der Waals surface area contributed by atoms with E-state index >= 15 is 0 Å². The Balaban J connectivity index is 1.47. The van der Waals surface area contributed by atoms with E-state index in [4.69, 9.17) is 14.2 Å². The molecule has 1 amide bonds. The SMILES string of the molecule is CCc1ccccc1N1C[C@@H](C(=O)Oc2ccc3c(c2)OCO3)CC1=O. The summed E-state index contributed by atoms with van der Waals surface area (Å²) in [7, 11) is 0. The number of para-hydroxylation sites is 1. The van der Waals surface area contributed by atoms with Gasteiger partial charge in [-0.2, -0.15) is 0 Å². The van der Waals surface area contributed by atoms with Gasteiger partial charge in [0.2, 0.25) is 12.7 Å². The molecule has 0 saturated carbocycles. The summed E-state index contributed by atoms with van der Waals surface area (Å²) in [5.41, 5.74) is 1.96. The molecule has 1 saturated heterocycles. The van der Waals surface area contributed by atoms with Crippen LogP contribution in [-0.2, 0) is 16.0 Å². The lowest BCUT2D eigenvalue weighted by Gasteiger charge is -2.19. The van der Waals surface area contributed by atoms with Crippen molar-refractivity contribution in [2.24, 2.45) is 5.92 Å². The highest BCUT2D eigenvalue weighted by Gasteiger charge is 2.37. The number of amides is 1. The van der Waals surface area contributed by atoms with Crippen LogP contribution in [0.2, 0.25) is 0 Å². The first-order valence-corrected chi connectivity index (χ1v) is 8.65. The average Bonchev–Trinajstić information content (AvgIpc) is 3.27. The fourth-order valence-electron chi connectivity index (χ4n) is 3.31. The van der Waals surface area contributed by atoms with Crippen LogP contribution in [0.3, 0.4) is 0 Å². The molecule has 4 rings (SSSR count). The smallest absolute Gasteiger partial charge is 0.316 e. The lowest BCUT2D eigenvalue weighted by Crippen LogP contribution is -2.28. The molecule has 0 bridgehead atoms. The van der Waals surface area contributed by atoms with Gasteiger partial charge in [-0.3, -0.25) is 9.59 Å². The zero-order valence-electron chi connectivity index (χ0n) is 14.4. The molecule has 0 N–H and O–H groups in total. The van der Waals surface area contributed by atoms with Crippen molar-refractivity contribution in [3.05, 3.63) is 48.0 Å². The summed E-state index contributed by atoms with van der Waals surface area (Å²) in [5.74, 6) is 0.615. The second-order valence-electron chi connectivity index (χ2n) is 6.32. The summed E-state index contributed by atoms with van der Waals surface area (Å²) in [5, 5.41) is 0. The van der Waals surface area contributed by atoms with Gasteiger partial charge in [-0.15, -0.1) is 0 Å². The zero-order chi connectivity index (χ0) is 18.1. The molecule has 6 heteroatoms. The van der Waals surface area contributed by atoms with Crippen LogP contribution in [0.25, 0.3) is 0 Å². The largest absolute Gasteiger partial charge is 0.454 e. The summed E-state index contributed by atoms with van der Waals surface area (Å²) in [4.78, 5) is 26.6. The lowest BCUT2D eigenvalue weighted by atomic mass is 10.1. The van der Waals surface area contributed by atoms with Crippen LogP contribution in [0, 0.1) is 5.92 Å². The van der Waals surface area contributed by atoms with Crippen LogP contribution in [-0.4, -0.2) is 25.2 Å². The third-order valence-corrected chi connectivity index (χ3v) is 4.68. The maximum absolute atomic E-state index is 12.5. The lowest BCUT2D eigenvalue weighted by molar-refractivity contribution is -0.139. The molecule has 2 aliphatic rings. The van der Waals surface area contributed by atoms with Gasteiger partial charge in [-0.25, -0.2) is 0 Å². The molecule has 26 heavy (non-hydrogen) atoms. The Bertz CT molecular complexity index is 863. The van der Waals surface area contributed by atoms with Crippen LogP contribution in [0.1, 0.15) is 18.9 Å². The number of hydrogen-bond acceptors (Lipinski definition) is 5. The topological polar surface area (TPSA) is 65.1 Å². The van der Waals surface area contributed by atoms with Crippen LogP contribution >= 0.6 is 0 Å². The summed E-state index contributed by atoms with van der Waals surface area (Å²) in [6, 6.07) is 12.8. The van der Waals surface area contributed by atoms with E-state index in [0.29, 0.717) is 23.8 Å². The van der Waals surface area contributed by atoms with Gasteiger partial charge in [-0.05, 0) is 30.2 Å². The highest BCUT2D eigenvalue weighted by atomic mass is 16.7. The molecule has 2 aromatic carbocycles. The first-order chi connectivity index (χ1) is 12.7. The second-order valence-corrected chi connectivity index (χ2v) is 6.32. The molecule has 1 fully saturated rings. The third-order valence-electron chi connectivity index (χ3n) is 4.68. The van der Waals surface area contributed by atoms with E-state index in [-0.39, 0.29) is 19.1 Å². The number of ether oxygens (including phenoxy) is 3. The highest BCUT2D eigenvalue weighted by Crippen LogP contribution is 2.36. The maximum Gasteiger partial charge on any atom is 0.316 e. The number of rotatable bonds is 4. The molecule has 0 spiro atoms. The Hall–Kier alpha value is -3.02. The van der Waals surface area contributed by atoms with Crippen LogP contribution < -0.4 is 19.1 Å². The Morgan fingerprint density at radius 1 is 1.19 bits per heavy atom. The molecule has 0 aliphatic carbocycles. The minimum Gasteiger partial charge on any atom is -0.454 e. The number of hydrogen-bond donors (Lipinski definition) is 0. The van der Waals surface area contributed by atoms with Crippen LogP contribution in [0.4, 0.5) is 5.69 Å². The first-order valence-electron chi connectivity index (χ1n) is 8.65. The van der Waals surface area contributed by atoms with Crippen molar-refractivity contribution >= 4 is 17.6 Å². The van der Waals surface area contributed by atoms with Gasteiger partial charge in [0.1, 0.15) is 5.75 Å². The van der Waals surface area contributed by atoms with E-state index in [1.165, 1.54) is 0 Å². The van der Waals surface area contributed by atoms with E-state index in [1.807, 2.05) is 31.2 Å². The Morgan fingerprint density at radius 2 is 2.00 bits per heavy atom. The Morgan fingerprint density at radius 3 is 2.85 bits per heavy atom. The summed E-state index contributed by atoms with van der Waals surface area (Å²) < 4.78 is 16.0. The van der Waals surface area contributed by atoms with Crippen molar-refractivity contribution in [2.75, 3.05) is 18.2 Å². The number of benzene rings is 2. The number of carbonyl (C=O) groups excluding carboxylic acids is 2. The molecule has 134 valence electrons. The number of fused-ring (bicyclic) bond motifs is 1. The molecule has 0 unspecified atom stereocenters. The second kappa shape index (κ2) is 6.71. The number of esters is 1. The standard InChI is InChI=1S/C20H19NO5/c1-2-13-5-3-4-6-16(13)21-11-14(9-19(21)22)20(23)26-15-7-8-17-18(10-15)25-12-24-17/h3-8,10,14H,2,9,11-12H2,1H3/t14-/m0/s1. The van der Waals surface area contributed by atoms with E-state index in [9.17, 15) is 9.59 Å². The monoisotopic (exact) mass is 353 g/mol. The minimum absolute atomic E-state index is 0.0569. The van der Waals surface area contributed by atoms with Crippen molar-refractivity contribution < 1.29 is 23.8 Å². The molecule has 2 aromatic rings. The van der Waals surface area contributed by atoms with Crippen molar-refractivity contribution in [1.29, 1.82) is 0 Å². The first kappa shape index (κ1) is 16.4. The molecule has 6 nitrogen and oxygen atoms in total. The summed E-state index contributed by atoms with van der Waals surface area (Å²) in [6.07, 6.45) is 0.980. The molecule has 0 radical (unpaired) electrons. The van der Waals surface area contributed by atoms with E-state index < -0.39 is 11.9 Å². The zero-order valence-corrected chi connectivity index (χ0v) is 14.4. The minimum atomic E-state index is -0.488. The van der Waals surface area contributed by atoms with Gasteiger partial charge in [-0.1, -0.05) is 25.1 Å². The fourth-order valence-corrected chi connectivity index (χ4v) is 3.31. The van der Waals surface area contributed by atoms with Crippen molar-refractivity contribution in [2.45, 2.75) is 19.8 Å². The van der Waals surface area contributed by atoms with Gasteiger partial charge in [0.15, 0.2) is 11.5 Å². The molecule has 1 atom stereocenters. The van der Waals surface area contributed by atoms with Gasteiger partial charge in [0.25, 0.3) is 0 Å². The number of carbonyl (C=O) groups is 2. The summed E-state index contributed by atoms with van der Waals surface area (Å²) in [6.45, 7) is 2.54. The molecule has 2 aliphatic heterocycles. The molecule has 2 heterocycles. The predicted octanol–water partition coefficient (Wildman–Crippen LogP) is 2.94. The van der Waals surface area contributed by atoms with E-state index in [0.717, 1.165) is 17.7 Å². The van der Waals surface area contributed by atoms with Gasteiger partial charge in [0, 0.05) is 24.7 Å². The number of nitrogens with zero attached hydrogens (tertiary/aromatic N) is 1. The normalized spacial score (nSPS) is 18.3. The van der Waals surface area contributed by atoms with Gasteiger partial charge < -0.3 is 19.1 Å². The van der Waals surface area contributed by atoms with E-state index in [1.54, 1.807) is 23.1 Å². The van der Waals surface area contributed by atoms with E-state index in [2.05, 4.69) is 0 Å². The fraction of sp³-hybridized carbons (Fsp3) is 0.300. The third kappa shape index (κ3) is 2.98. The quantitative estimate of drug-likeness (QED) is 0.625. The Labute approximate surface area is 151 Å². The van der Waals surface area contributed by atoms with Crippen molar-refractivity contribution in [3.8, 4) is 17.2 Å². The van der Waals surface area contributed by atoms with Crippen molar-refractivity contribution in [1.82, 2.24) is 0 Å². The maximum atomic E-state index is 12.5. The predicted molar refractivity (Wildman–Crippen MR) is 94.5 cm³/mol. The molecular formula is C20H19NO5. The van der Waals surface area contributed by atoms with Crippen molar-refractivity contribution in [3.63, 3.8) is 0 Å². The summed E-state index contributed by atoms with van der Waals surface area (Å²) >= 11 is 0. The van der Waals surface area contributed by atoms with Gasteiger partial charge >= 0.3 is 5.97 Å². The van der Waals surface area contributed by atoms with Crippen LogP contribution in [0.15, 0.2) is 42.5 Å². The average molecular weight is 353 g/mol. The number of anilines is 1. The molecule has 0 aromatic heterocycles. The Kier molecular flexibility index (Phi) is 4.24. The highest BCUT2D eigenvalue weighted by molar-refractivity contribution is 6.00. The van der Waals surface area contributed by atoms with Crippen LogP contribution in [0.5, 0.6) is 17.2 Å². The number of aryl methyl sites for hydroxylation is 1.